The van der Waals surface area contributed by atoms with Crippen molar-refractivity contribution in [1.82, 2.24) is 5.32 Å². The number of rotatable bonds is 8. The molecule has 0 spiro atoms. The van der Waals surface area contributed by atoms with Gasteiger partial charge in [-0.2, -0.15) is 0 Å². The predicted octanol–water partition coefficient (Wildman–Crippen LogP) is 3.93. The van der Waals surface area contributed by atoms with Crippen molar-refractivity contribution in [3.8, 4) is 5.75 Å². The minimum Gasteiger partial charge on any atom is -0.496 e. The number of nitrogens with one attached hydrogen (secondary N) is 1. The maximum Gasteiger partial charge on any atom is 0.123 e. The monoisotopic (exact) mass is 235 g/mol. The van der Waals surface area contributed by atoms with Gasteiger partial charge in [0.2, 0.25) is 0 Å². The van der Waals surface area contributed by atoms with Crippen molar-refractivity contribution in [3.63, 3.8) is 0 Å². The molecular weight excluding hydrogens is 210 g/mol. The maximum atomic E-state index is 5.42. The van der Waals surface area contributed by atoms with E-state index in [9.17, 15) is 0 Å². The highest BCUT2D eigenvalue weighted by Crippen LogP contribution is 2.28. The molecule has 1 aromatic carbocycles. The molecule has 0 bridgehead atoms. The van der Waals surface area contributed by atoms with Crippen molar-refractivity contribution in [2.24, 2.45) is 0 Å². The highest BCUT2D eigenvalue weighted by molar-refractivity contribution is 5.35. The van der Waals surface area contributed by atoms with Gasteiger partial charge in [0.15, 0.2) is 0 Å². The van der Waals surface area contributed by atoms with E-state index in [2.05, 4.69) is 24.4 Å². The van der Waals surface area contributed by atoms with Gasteiger partial charge in [-0.05, 0) is 19.5 Å². The maximum absolute atomic E-state index is 5.42. The Balaban J connectivity index is 2.59. The summed E-state index contributed by atoms with van der Waals surface area (Å²) in [4.78, 5) is 0. The summed E-state index contributed by atoms with van der Waals surface area (Å²) in [6, 6.07) is 8.69. The Morgan fingerprint density at radius 2 is 1.94 bits per heavy atom. The van der Waals surface area contributed by atoms with Crippen LogP contribution >= 0.6 is 0 Å². The van der Waals surface area contributed by atoms with E-state index < -0.39 is 0 Å². The molecule has 0 amide bonds. The van der Waals surface area contributed by atoms with E-state index in [0.29, 0.717) is 6.04 Å². The lowest BCUT2D eigenvalue weighted by molar-refractivity contribution is 0.396. The second-order valence-electron chi connectivity index (χ2n) is 4.43. The molecule has 0 aliphatic carbocycles. The Kier molecular flexibility index (Phi) is 6.71. The molecule has 1 unspecified atom stereocenters. The van der Waals surface area contributed by atoms with E-state index in [-0.39, 0.29) is 0 Å². The van der Waals surface area contributed by atoms with Gasteiger partial charge in [-0.1, -0.05) is 50.8 Å². The first-order chi connectivity index (χ1) is 8.33. The normalized spacial score (nSPS) is 12.4. The average Bonchev–Trinajstić information content (AvgIpc) is 2.39. The van der Waals surface area contributed by atoms with Gasteiger partial charge in [-0.15, -0.1) is 0 Å². The summed E-state index contributed by atoms with van der Waals surface area (Å²) in [7, 11) is 3.76. The third-order valence-corrected chi connectivity index (χ3v) is 3.21. The Hall–Kier alpha value is -1.02. The van der Waals surface area contributed by atoms with Crippen molar-refractivity contribution in [3.05, 3.63) is 29.8 Å². The van der Waals surface area contributed by atoms with E-state index in [1.807, 2.05) is 19.2 Å². The lowest BCUT2D eigenvalue weighted by Crippen LogP contribution is -2.17. The van der Waals surface area contributed by atoms with Crippen LogP contribution in [0.3, 0.4) is 0 Å². The summed E-state index contributed by atoms with van der Waals surface area (Å²) in [6.07, 6.45) is 6.40. The molecule has 1 rings (SSSR count). The molecular formula is C15H25NO. The third kappa shape index (κ3) is 4.39. The van der Waals surface area contributed by atoms with E-state index >= 15 is 0 Å². The zero-order chi connectivity index (χ0) is 12.5. The third-order valence-electron chi connectivity index (χ3n) is 3.21. The number of hydrogen-bond acceptors (Lipinski definition) is 2. The standard InChI is InChI=1S/C15H25NO/c1-4-5-6-7-11-14(16-2)13-10-8-9-12-15(13)17-3/h8-10,12,14,16H,4-7,11H2,1-3H3. The predicted molar refractivity (Wildman–Crippen MR) is 73.6 cm³/mol. The first-order valence-electron chi connectivity index (χ1n) is 6.63. The second-order valence-corrected chi connectivity index (χ2v) is 4.43. The lowest BCUT2D eigenvalue weighted by atomic mass is 9.99. The highest BCUT2D eigenvalue weighted by atomic mass is 16.5. The van der Waals surface area contributed by atoms with Crippen molar-refractivity contribution >= 4 is 0 Å². The quantitative estimate of drug-likeness (QED) is 0.689. The fraction of sp³-hybridized carbons (Fsp3) is 0.600. The largest absolute Gasteiger partial charge is 0.496 e. The zero-order valence-corrected chi connectivity index (χ0v) is 11.3. The van der Waals surface area contributed by atoms with Crippen LogP contribution < -0.4 is 10.1 Å². The minimum atomic E-state index is 0.406. The van der Waals surface area contributed by atoms with Crippen molar-refractivity contribution in [2.45, 2.75) is 45.1 Å². The molecule has 0 radical (unpaired) electrons. The van der Waals surface area contributed by atoms with E-state index in [0.717, 1.165) is 5.75 Å². The summed E-state index contributed by atoms with van der Waals surface area (Å²) in [6.45, 7) is 2.25. The van der Waals surface area contributed by atoms with Crippen molar-refractivity contribution in [2.75, 3.05) is 14.2 Å². The number of hydrogen-bond donors (Lipinski definition) is 1. The molecule has 0 heterocycles. The molecule has 0 saturated carbocycles. The van der Waals surface area contributed by atoms with Gasteiger partial charge in [0.25, 0.3) is 0 Å². The fourth-order valence-electron chi connectivity index (χ4n) is 2.18. The molecule has 1 aromatic rings. The van der Waals surface area contributed by atoms with Crippen molar-refractivity contribution in [1.29, 1.82) is 0 Å². The molecule has 0 fully saturated rings. The van der Waals surface area contributed by atoms with Gasteiger partial charge in [-0.25, -0.2) is 0 Å². The molecule has 1 atom stereocenters. The number of methoxy groups -OCH3 is 1. The summed E-state index contributed by atoms with van der Waals surface area (Å²) in [5, 5.41) is 3.39. The van der Waals surface area contributed by atoms with Crippen LogP contribution in [0.5, 0.6) is 5.75 Å². The molecule has 1 N–H and O–H groups in total. The van der Waals surface area contributed by atoms with Gasteiger partial charge in [-0.3, -0.25) is 0 Å². The summed E-state index contributed by atoms with van der Waals surface area (Å²) < 4.78 is 5.42. The molecule has 96 valence electrons. The van der Waals surface area contributed by atoms with Crippen LogP contribution in [0.4, 0.5) is 0 Å². The first-order valence-corrected chi connectivity index (χ1v) is 6.63. The van der Waals surface area contributed by atoms with Crippen LogP contribution in [0.1, 0.15) is 50.6 Å². The smallest absolute Gasteiger partial charge is 0.123 e. The lowest BCUT2D eigenvalue weighted by Gasteiger charge is -2.19. The van der Waals surface area contributed by atoms with E-state index in [4.69, 9.17) is 4.74 Å². The summed E-state index contributed by atoms with van der Waals surface area (Å²) in [5.74, 6) is 0.988. The van der Waals surface area contributed by atoms with Crippen LogP contribution in [0.2, 0.25) is 0 Å². The molecule has 0 aromatic heterocycles. The topological polar surface area (TPSA) is 21.3 Å². The zero-order valence-electron chi connectivity index (χ0n) is 11.3. The fourth-order valence-corrected chi connectivity index (χ4v) is 2.18. The number of para-hydroxylation sites is 1. The van der Waals surface area contributed by atoms with Crippen LogP contribution in [0.15, 0.2) is 24.3 Å². The Bertz CT molecular complexity index is 312. The molecule has 17 heavy (non-hydrogen) atoms. The number of unbranched alkanes of at least 4 members (excludes halogenated alkanes) is 3. The average molecular weight is 235 g/mol. The van der Waals surface area contributed by atoms with Gasteiger partial charge < -0.3 is 10.1 Å². The van der Waals surface area contributed by atoms with Gasteiger partial charge >= 0.3 is 0 Å². The molecule has 2 heteroatoms. The summed E-state index contributed by atoms with van der Waals surface area (Å²) >= 11 is 0. The molecule has 0 saturated heterocycles. The Morgan fingerprint density at radius 1 is 1.18 bits per heavy atom. The molecule has 2 nitrogen and oxygen atoms in total. The first kappa shape index (κ1) is 14.0. The van der Waals surface area contributed by atoms with Crippen LogP contribution in [-0.4, -0.2) is 14.2 Å². The SMILES string of the molecule is CCCCCCC(NC)c1ccccc1OC. The van der Waals surface area contributed by atoms with Crippen molar-refractivity contribution < 1.29 is 4.74 Å². The van der Waals surface area contributed by atoms with Crippen LogP contribution in [-0.2, 0) is 0 Å². The van der Waals surface area contributed by atoms with E-state index in [1.165, 1.54) is 37.7 Å². The number of ether oxygens (including phenoxy) is 1. The molecule has 0 aliphatic rings. The van der Waals surface area contributed by atoms with Gasteiger partial charge in [0.1, 0.15) is 5.75 Å². The molecule has 0 aliphatic heterocycles. The Labute approximate surface area is 105 Å². The van der Waals surface area contributed by atoms with Gasteiger partial charge in [0, 0.05) is 11.6 Å². The van der Waals surface area contributed by atoms with Crippen LogP contribution in [0, 0.1) is 0 Å². The van der Waals surface area contributed by atoms with E-state index in [1.54, 1.807) is 7.11 Å². The van der Waals surface area contributed by atoms with Gasteiger partial charge in [0.05, 0.1) is 7.11 Å². The second kappa shape index (κ2) is 8.13. The minimum absolute atomic E-state index is 0.406. The highest BCUT2D eigenvalue weighted by Gasteiger charge is 2.12. The Morgan fingerprint density at radius 3 is 2.59 bits per heavy atom. The van der Waals surface area contributed by atoms with Crippen LogP contribution in [0.25, 0.3) is 0 Å². The summed E-state index contributed by atoms with van der Waals surface area (Å²) in [5.41, 5.74) is 1.27. The number of benzene rings is 1.